The lowest BCUT2D eigenvalue weighted by Crippen LogP contribution is -2.19. The SMILES string of the molecule is CN(C)c1ncccc1CNCc1cccn1-c1ncccn1. The smallest absolute Gasteiger partial charge is 0.233 e. The highest BCUT2D eigenvalue weighted by atomic mass is 15.2. The summed E-state index contributed by atoms with van der Waals surface area (Å²) in [7, 11) is 4.01. The predicted octanol–water partition coefficient (Wildman–Crippen LogP) is 2.02. The first-order valence-corrected chi connectivity index (χ1v) is 7.51. The van der Waals surface area contributed by atoms with Gasteiger partial charge in [0.05, 0.1) is 0 Å². The summed E-state index contributed by atoms with van der Waals surface area (Å²) in [6.07, 6.45) is 7.29. The Balaban J connectivity index is 1.68. The van der Waals surface area contributed by atoms with Crippen LogP contribution in [0.25, 0.3) is 5.95 Å². The van der Waals surface area contributed by atoms with E-state index in [1.54, 1.807) is 12.4 Å². The third-order valence-electron chi connectivity index (χ3n) is 3.51. The molecule has 118 valence electrons. The molecule has 0 bridgehead atoms. The number of pyridine rings is 1. The molecule has 0 amide bonds. The highest BCUT2D eigenvalue weighted by molar-refractivity contribution is 5.45. The molecular formula is C17H20N6. The minimum Gasteiger partial charge on any atom is -0.362 e. The van der Waals surface area contributed by atoms with Crippen LogP contribution < -0.4 is 10.2 Å². The molecule has 0 aliphatic carbocycles. The second-order valence-electron chi connectivity index (χ2n) is 5.40. The van der Waals surface area contributed by atoms with Crippen molar-refractivity contribution in [3.63, 3.8) is 0 Å². The van der Waals surface area contributed by atoms with E-state index in [9.17, 15) is 0 Å². The van der Waals surface area contributed by atoms with Gasteiger partial charge in [0.25, 0.3) is 0 Å². The highest BCUT2D eigenvalue weighted by Gasteiger charge is 2.07. The number of rotatable bonds is 6. The predicted molar refractivity (Wildman–Crippen MR) is 90.5 cm³/mol. The van der Waals surface area contributed by atoms with Crippen LogP contribution in [0.4, 0.5) is 5.82 Å². The van der Waals surface area contributed by atoms with Gasteiger partial charge in [-0.1, -0.05) is 6.07 Å². The second-order valence-corrected chi connectivity index (χ2v) is 5.40. The fourth-order valence-corrected chi connectivity index (χ4v) is 2.47. The maximum atomic E-state index is 4.42. The summed E-state index contributed by atoms with van der Waals surface area (Å²) >= 11 is 0. The van der Waals surface area contributed by atoms with Crippen molar-refractivity contribution in [2.45, 2.75) is 13.1 Å². The van der Waals surface area contributed by atoms with E-state index in [2.05, 4.69) is 32.4 Å². The molecule has 0 atom stereocenters. The second kappa shape index (κ2) is 7.02. The number of aromatic nitrogens is 4. The number of hydrogen-bond acceptors (Lipinski definition) is 5. The Hall–Kier alpha value is -2.73. The van der Waals surface area contributed by atoms with E-state index in [0.29, 0.717) is 5.95 Å². The van der Waals surface area contributed by atoms with Gasteiger partial charge in [-0.25, -0.2) is 15.0 Å². The fourth-order valence-electron chi connectivity index (χ4n) is 2.47. The van der Waals surface area contributed by atoms with E-state index in [1.165, 1.54) is 5.56 Å². The van der Waals surface area contributed by atoms with Crippen molar-refractivity contribution in [3.8, 4) is 5.95 Å². The first kappa shape index (κ1) is 15.2. The maximum Gasteiger partial charge on any atom is 0.233 e. The molecule has 0 aliphatic heterocycles. The Morgan fingerprint density at radius 1 is 0.957 bits per heavy atom. The van der Waals surface area contributed by atoms with Crippen LogP contribution in [0.1, 0.15) is 11.3 Å². The average Bonchev–Trinajstić information content (AvgIpc) is 3.04. The molecule has 0 fully saturated rings. The Kier molecular flexibility index (Phi) is 4.63. The molecule has 3 rings (SSSR count). The van der Waals surface area contributed by atoms with Crippen molar-refractivity contribution in [3.05, 3.63) is 66.4 Å². The van der Waals surface area contributed by atoms with E-state index in [0.717, 1.165) is 24.6 Å². The molecule has 0 spiro atoms. The van der Waals surface area contributed by atoms with Crippen molar-refractivity contribution in [2.75, 3.05) is 19.0 Å². The van der Waals surface area contributed by atoms with Crippen molar-refractivity contribution in [2.24, 2.45) is 0 Å². The third-order valence-corrected chi connectivity index (χ3v) is 3.51. The molecule has 0 aromatic carbocycles. The van der Waals surface area contributed by atoms with E-state index < -0.39 is 0 Å². The summed E-state index contributed by atoms with van der Waals surface area (Å²) in [5, 5.41) is 3.47. The van der Waals surface area contributed by atoms with Crippen LogP contribution in [0.15, 0.2) is 55.1 Å². The molecule has 0 radical (unpaired) electrons. The molecule has 0 unspecified atom stereocenters. The summed E-state index contributed by atoms with van der Waals surface area (Å²) in [6, 6.07) is 9.94. The van der Waals surface area contributed by atoms with E-state index >= 15 is 0 Å². The van der Waals surface area contributed by atoms with E-state index in [-0.39, 0.29) is 0 Å². The van der Waals surface area contributed by atoms with Crippen LogP contribution in [0.2, 0.25) is 0 Å². The lowest BCUT2D eigenvalue weighted by Gasteiger charge is -2.16. The summed E-state index contributed by atoms with van der Waals surface area (Å²) < 4.78 is 1.99. The van der Waals surface area contributed by atoms with Crippen LogP contribution in [0, 0.1) is 0 Å². The summed E-state index contributed by atoms with van der Waals surface area (Å²) in [5.74, 6) is 1.67. The molecule has 0 saturated carbocycles. The molecule has 0 aliphatic rings. The maximum absolute atomic E-state index is 4.42. The van der Waals surface area contributed by atoms with Crippen molar-refractivity contribution in [1.29, 1.82) is 0 Å². The lowest BCUT2D eigenvalue weighted by atomic mass is 10.2. The van der Waals surface area contributed by atoms with E-state index in [1.807, 2.05) is 54.2 Å². The van der Waals surface area contributed by atoms with Gasteiger partial charge in [0, 0.05) is 63.2 Å². The largest absolute Gasteiger partial charge is 0.362 e. The molecule has 6 heteroatoms. The van der Waals surface area contributed by atoms with Crippen LogP contribution in [-0.4, -0.2) is 33.6 Å². The fraction of sp³-hybridized carbons (Fsp3) is 0.235. The zero-order valence-corrected chi connectivity index (χ0v) is 13.3. The third kappa shape index (κ3) is 3.54. The molecule has 23 heavy (non-hydrogen) atoms. The molecule has 3 aromatic rings. The van der Waals surface area contributed by atoms with Crippen LogP contribution in [-0.2, 0) is 13.1 Å². The Morgan fingerprint density at radius 2 is 1.74 bits per heavy atom. The van der Waals surface area contributed by atoms with Crippen LogP contribution in [0.5, 0.6) is 0 Å². The molecule has 6 nitrogen and oxygen atoms in total. The van der Waals surface area contributed by atoms with Gasteiger partial charge in [-0.2, -0.15) is 0 Å². The molecule has 1 N–H and O–H groups in total. The topological polar surface area (TPSA) is 58.9 Å². The van der Waals surface area contributed by atoms with Crippen LogP contribution >= 0.6 is 0 Å². The highest BCUT2D eigenvalue weighted by Crippen LogP contribution is 2.14. The first-order valence-electron chi connectivity index (χ1n) is 7.51. The quantitative estimate of drug-likeness (QED) is 0.755. The van der Waals surface area contributed by atoms with Gasteiger partial charge in [-0.15, -0.1) is 0 Å². The zero-order chi connectivity index (χ0) is 16.1. The lowest BCUT2D eigenvalue weighted by molar-refractivity contribution is 0.662. The monoisotopic (exact) mass is 308 g/mol. The van der Waals surface area contributed by atoms with Gasteiger partial charge in [-0.3, -0.25) is 4.57 Å². The van der Waals surface area contributed by atoms with E-state index in [4.69, 9.17) is 0 Å². The van der Waals surface area contributed by atoms with Gasteiger partial charge in [0.2, 0.25) is 5.95 Å². The number of anilines is 1. The van der Waals surface area contributed by atoms with Crippen molar-refractivity contribution < 1.29 is 0 Å². The first-order chi connectivity index (χ1) is 11.3. The number of nitrogens with zero attached hydrogens (tertiary/aromatic N) is 5. The van der Waals surface area contributed by atoms with Crippen LogP contribution in [0.3, 0.4) is 0 Å². The molecular weight excluding hydrogens is 288 g/mol. The summed E-state index contributed by atoms with van der Waals surface area (Å²) in [5.41, 5.74) is 2.29. The van der Waals surface area contributed by atoms with Crippen molar-refractivity contribution in [1.82, 2.24) is 24.8 Å². The van der Waals surface area contributed by atoms with Crippen molar-refractivity contribution >= 4 is 5.82 Å². The minimum atomic E-state index is 0.685. The number of hydrogen-bond donors (Lipinski definition) is 1. The normalized spacial score (nSPS) is 10.7. The Morgan fingerprint density at radius 3 is 2.52 bits per heavy atom. The van der Waals surface area contributed by atoms with Gasteiger partial charge in [0.15, 0.2) is 0 Å². The molecule has 3 aromatic heterocycles. The summed E-state index contributed by atoms with van der Waals surface area (Å²) in [4.78, 5) is 15.0. The standard InChI is InChI=1S/C17H20N6/c1-22(2)16-14(6-3-8-19-16)12-18-13-15-7-4-11-23(15)17-20-9-5-10-21-17/h3-11,18H,12-13H2,1-2H3. The van der Waals surface area contributed by atoms with Gasteiger partial charge < -0.3 is 10.2 Å². The minimum absolute atomic E-state index is 0.685. The number of nitrogens with one attached hydrogen (secondary N) is 1. The Bertz CT molecular complexity index is 751. The van der Waals surface area contributed by atoms with Gasteiger partial charge in [0.1, 0.15) is 5.82 Å². The molecule has 3 heterocycles. The van der Waals surface area contributed by atoms with Gasteiger partial charge in [-0.05, 0) is 24.3 Å². The average molecular weight is 308 g/mol. The molecule has 0 saturated heterocycles. The Labute approximate surface area is 135 Å². The zero-order valence-electron chi connectivity index (χ0n) is 13.3. The summed E-state index contributed by atoms with van der Waals surface area (Å²) in [6.45, 7) is 1.48. The van der Waals surface area contributed by atoms with Gasteiger partial charge >= 0.3 is 0 Å².